The van der Waals surface area contributed by atoms with Crippen molar-refractivity contribution >= 4 is 12.0 Å². The van der Waals surface area contributed by atoms with Gasteiger partial charge in [0.1, 0.15) is 12.1 Å². The van der Waals surface area contributed by atoms with E-state index in [0.29, 0.717) is 19.7 Å². The van der Waals surface area contributed by atoms with Gasteiger partial charge in [-0.3, -0.25) is 4.79 Å². The Hall–Kier alpha value is -1.30. The van der Waals surface area contributed by atoms with E-state index < -0.39 is 18.2 Å². The normalized spacial score (nSPS) is 32.9. The average Bonchev–Trinajstić information content (AvgIpc) is 2.78. The summed E-state index contributed by atoms with van der Waals surface area (Å²) >= 11 is 0. The van der Waals surface area contributed by atoms with E-state index in [1.54, 1.807) is 6.92 Å². The molecule has 1 spiro atoms. The van der Waals surface area contributed by atoms with Gasteiger partial charge in [-0.2, -0.15) is 0 Å². The Morgan fingerprint density at radius 2 is 2.10 bits per heavy atom. The summed E-state index contributed by atoms with van der Waals surface area (Å²) in [5.74, 6) is -0.0448. The van der Waals surface area contributed by atoms with Crippen molar-refractivity contribution in [2.75, 3.05) is 19.7 Å². The van der Waals surface area contributed by atoms with Gasteiger partial charge in [-0.25, -0.2) is 4.79 Å². The molecule has 2 atom stereocenters. The number of alkyl carbamates (subject to hydrolysis) is 1. The number of hydrogen-bond acceptors (Lipinski definition) is 4. The van der Waals surface area contributed by atoms with Gasteiger partial charge in [0.2, 0.25) is 5.91 Å². The number of rotatable bonds is 1. The minimum atomic E-state index is -0.554. The molecule has 0 aromatic rings. The lowest BCUT2D eigenvalue weighted by atomic mass is 9.83. The van der Waals surface area contributed by atoms with E-state index in [1.165, 1.54) is 19.3 Å². The molecule has 2 saturated heterocycles. The molecule has 3 rings (SSSR count). The highest BCUT2D eigenvalue weighted by Crippen LogP contribution is 2.34. The zero-order valence-corrected chi connectivity index (χ0v) is 11.9. The first-order chi connectivity index (χ1) is 9.60. The van der Waals surface area contributed by atoms with Crippen molar-refractivity contribution in [3.63, 3.8) is 0 Å². The molecule has 6 nitrogen and oxygen atoms in total. The molecule has 1 N–H and O–H groups in total. The summed E-state index contributed by atoms with van der Waals surface area (Å²) in [7, 11) is 0. The zero-order valence-electron chi connectivity index (χ0n) is 11.9. The van der Waals surface area contributed by atoms with Crippen LogP contribution >= 0.6 is 0 Å². The fourth-order valence-corrected chi connectivity index (χ4v) is 3.51. The second-order valence-electron chi connectivity index (χ2n) is 6.08. The molecule has 0 aromatic heterocycles. The van der Waals surface area contributed by atoms with Crippen molar-refractivity contribution in [2.24, 2.45) is 0 Å². The van der Waals surface area contributed by atoms with Gasteiger partial charge in [-0.1, -0.05) is 19.3 Å². The Labute approximate surface area is 118 Å². The molecule has 1 aliphatic carbocycles. The smallest absolute Gasteiger partial charge is 0.408 e. The van der Waals surface area contributed by atoms with Gasteiger partial charge in [0.25, 0.3) is 0 Å². The molecule has 0 aromatic carbocycles. The minimum Gasteiger partial charge on any atom is -0.444 e. The van der Waals surface area contributed by atoms with E-state index in [2.05, 4.69) is 5.32 Å². The summed E-state index contributed by atoms with van der Waals surface area (Å²) < 4.78 is 11.0. The monoisotopic (exact) mass is 282 g/mol. The summed E-state index contributed by atoms with van der Waals surface area (Å²) in [5.41, 5.74) is -0.154. The molecule has 6 heteroatoms. The van der Waals surface area contributed by atoms with Crippen LogP contribution in [0.25, 0.3) is 0 Å². The predicted octanol–water partition coefficient (Wildman–Crippen LogP) is 1.04. The number of hydrogen-bond donors (Lipinski definition) is 1. The fourth-order valence-electron chi connectivity index (χ4n) is 3.51. The lowest BCUT2D eigenvalue weighted by Gasteiger charge is -2.45. The van der Waals surface area contributed by atoms with Crippen molar-refractivity contribution in [2.45, 2.75) is 56.8 Å². The van der Waals surface area contributed by atoms with Gasteiger partial charge in [-0.05, 0) is 19.8 Å². The van der Waals surface area contributed by atoms with E-state index in [0.717, 1.165) is 12.8 Å². The van der Waals surface area contributed by atoms with Crippen LogP contribution in [0.5, 0.6) is 0 Å². The maximum absolute atomic E-state index is 12.6. The van der Waals surface area contributed by atoms with Crippen molar-refractivity contribution < 1.29 is 19.1 Å². The molecular weight excluding hydrogens is 260 g/mol. The molecular formula is C14H22N2O4. The largest absolute Gasteiger partial charge is 0.444 e. The average molecular weight is 282 g/mol. The first kappa shape index (κ1) is 13.7. The molecule has 0 radical (unpaired) electrons. The van der Waals surface area contributed by atoms with Crippen LogP contribution in [0.4, 0.5) is 4.79 Å². The topological polar surface area (TPSA) is 67.9 Å². The third-order valence-corrected chi connectivity index (χ3v) is 4.63. The van der Waals surface area contributed by atoms with Crippen LogP contribution in [0.1, 0.15) is 39.0 Å². The van der Waals surface area contributed by atoms with Crippen molar-refractivity contribution in [3.8, 4) is 0 Å². The molecule has 0 bridgehead atoms. The summed E-state index contributed by atoms with van der Waals surface area (Å²) in [4.78, 5) is 25.6. The van der Waals surface area contributed by atoms with Gasteiger partial charge >= 0.3 is 6.09 Å². The van der Waals surface area contributed by atoms with Crippen molar-refractivity contribution in [1.29, 1.82) is 0 Å². The highest BCUT2D eigenvalue weighted by atomic mass is 16.6. The van der Waals surface area contributed by atoms with E-state index in [-0.39, 0.29) is 11.5 Å². The maximum atomic E-state index is 12.6. The van der Waals surface area contributed by atoms with Crippen LogP contribution < -0.4 is 5.32 Å². The summed E-state index contributed by atoms with van der Waals surface area (Å²) in [6.07, 6.45) is 4.74. The second kappa shape index (κ2) is 5.24. The first-order valence-corrected chi connectivity index (χ1v) is 7.50. The van der Waals surface area contributed by atoms with Gasteiger partial charge in [0, 0.05) is 13.1 Å². The third kappa shape index (κ3) is 2.49. The van der Waals surface area contributed by atoms with E-state index in [9.17, 15) is 9.59 Å². The standard InChI is InChI=1S/C14H22N2O4/c1-10-11(15-13(18)20-10)12(17)16-7-8-19-14(9-16)5-3-2-4-6-14/h10-11H,2-9H2,1H3,(H,15,18)/t10-,11-/m0/s1. The number of carbonyl (C=O) groups is 2. The van der Waals surface area contributed by atoms with Crippen LogP contribution in [-0.4, -0.2) is 54.3 Å². The Morgan fingerprint density at radius 3 is 2.75 bits per heavy atom. The molecule has 3 fully saturated rings. The molecule has 3 aliphatic rings. The lowest BCUT2D eigenvalue weighted by molar-refractivity contribution is -0.158. The van der Waals surface area contributed by atoms with Gasteiger partial charge in [0.05, 0.1) is 12.2 Å². The summed E-state index contributed by atoms with van der Waals surface area (Å²) in [6, 6.07) is -0.554. The summed E-state index contributed by atoms with van der Waals surface area (Å²) in [5, 5.41) is 2.60. The van der Waals surface area contributed by atoms with E-state index in [1.807, 2.05) is 4.90 Å². The van der Waals surface area contributed by atoms with Crippen LogP contribution in [0, 0.1) is 0 Å². The molecule has 2 aliphatic heterocycles. The molecule has 112 valence electrons. The highest BCUT2D eigenvalue weighted by molar-refractivity contribution is 5.88. The maximum Gasteiger partial charge on any atom is 0.408 e. The van der Waals surface area contributed by atoms with E-state index >= 15 is 0 Å². The van der Waals surface area contributed by atoms with Gasteiger partial charge < -0.3 is 19.7 Å². The van der Waals surface area contributed by atoms with Gasteiger partial charge in [-0.15, -0.1) is 0 Å². The Kier molecular flexibility index (Phi) is 3.58. The zero-order chi connectivity index (χ0) is 14.2. The van der Waals surface area contributed by atoms with E-state index in [4.69, 9.17) is 9.47 Å². The van der Waals surface area contributed by atoms with Gasteiger partial charge in [0.15, 0.2) is 0 Å². The van der Waals surface area contributed by atoms with Crippen LogP contribution in [0.15, 0.2) is 0 Å². The number of ether oxygens (including phenoxy) is 2. The predicted molar refractivity (Wildman–Crippen MR) is 71.2 cm³/mol. The number of amides is 2. The van der Waals surface area contributed by atoms with Crippen LogP contribution in [-0.2, 0) is 14.3 Å². The third-order valence-electron chi connectivity index (χ3n) is 4.63. The number of nitrogens with zero attached hydrogens (tertiary/aromatic N) is 1. The Morgan fingerprint density at radius 1 is 1.35 bits per heavy atom. The first-order valence-electron chi connectivity index (χ1n) is 7.50. The SMILES string of the molecule is C[C@@H]1OC(=O)N[C@@H]1C(=O)N1CCOC2(CCCCC2)C1. The fraction of sp³-hybridized carbons (Fsp3) is 0.857. The number of cyclic esters (lactones) is 1. The number of nitrogens with one attached hydrogen (secondary N) is 1. The van der Waals surface area contributed by atoms with Crippen molar-refractivity contribution in [1.82, 2.24) is 10.2 Å². The lowest BCUT2D eigenvalue weighted by Crippen LogP contribution is -2.58. The molecule has 1 saturated carbocycles. The molecule has 2 amide bonds. The second-order valence-corrected chi connectivity index (χ2v) is 6.08. The highest BCUT2D eigenvalue weighted by Gasteiger charge is 2.44. The van der Waals surface area contributed by atoms with Crippen molar-refractivity contribution in [3.05, 3.63) is 0 Å². The summed E-state index contributed by atoms with van der Waals surface area (Å²) in [6.45, 7) is 3.57. The molecule has 20 heavy (non-hydrogen) atoms. The Balaban J connectivity index is 1.67. The van der Waals surface area contributed by atoms with Crippen LogP contribution in [0.3, 0.4) is 0 Å². The molecule has 0 unspecified atom stereocenters. The number of morpholine rings is 1. The minimum absolute atomic E-state index is 0.0448. The number of carbonyl (C=O) groups excluding carboxylic acids is 2. The molecule has 2 heterocycles. The quantitative estimate of drug-likeness (QED) is 0.780. The Bertz CT molecular complexity index is 400. The van der Waals surface area contributed by atoms with Crippen LogP contribution in [0.2, 0.25) is 0 Å².